The van der Waals surface area contributed by atoms with E-state index in [0.29, 0.717) is 62.2 Å². The Morgan fingerprint density at radius 2 is 0.579 bits per heavy atom. The summed E-state index contributed by atoms with van der Waals surface area (Å²) >= 11 is 0. The van der Waals surface area contributed by atoms with Crippen molar-refractivity contribution in [2.24, 2.45) is 0 Å². The van der Waals surface area contributed by atoms with Crippen molar-refractivity contribution in [3.05, 3.63) is 340 Å². The highest BCUT2D eigenvalue weighted by molar-refractivity contribution is 7.00. The van der Waals surface area contributed by atoms with Crippen LogP contribution >= 0.6 is 0 Å². The third-order valence-corrected chi connectivity index (χ3v) is 22.0. The van der Waals surface area contributed by atoms with Crippen LogP contribution in [0.25, 0.3) is 66.8 Å². The smallest absolute Gasteiger partial charge is 0.252 e. The quantitative estimate of drug-likeness (QED) is 0.133. The van der Waals surface area contributed by atoms with Gasteiger partial charge in [-0.15, -0.1) is 0 Å². The van der Waals surface area contributed by atoms with E-state index in [1.54, 1.807) is 24.3 Å². The summed E-state index contributed by atoms with van der Waals surface area (Å²) in [6.45, 7) is 36.8. The fourth-order valence-electron chi connectivity index (χ4n) is 15.9. The molecule has 13 aromatic carbocycles. The lowest BCUT2D eigenvalue weighted by Gasteiger charge is -2.47. The van der Waals surface area contributed by atoms with Gasteiger partial charge < -0.3 is 9.80 Å². The maximum absolute atomic E-state index is 10.3. The van der Waals surface area contributed by atoms with Gasteiger partial charge in [-0.25, -0.2) is 0 Å². The Hall–Kier alpha value is -10.5. The molecule has 532 valence electrons. The fourth-order valence-corrected chi connectivity index (χ4v) is 15.9. The molecule has 0 spiro atoms. The van der Waals surface area contributed by atoms with Crippen LogP contribution in [0.3, 0.4) is 0 Å². The standard InChI is InChI=1S/C104H103BN2/c1-99(2,3)77-52-74(53-78(60-77)100(4,5)6)70-47-49-89-91(56-70)106(97-85(66-35-23-19-24-36-66)62-81(103(13,14)15)63-86(97)67-37-25-20-26-38-67)93-58-76(95-83-45-33-31-43-72(83)51-73-44-32-34-46-84(73)95)59-94-96(93)105(89)90-50-48-71(75-54-79(101(7,8)9)61-80(55-75)102(10,11)12)57-92(90)107(94)98-87(68-39-27-21-28-40-68)64-82(104(16,17)18)65-88(98)69-41-29-22-30-42-69/h19-50,52-65,95H,51H2,1-18H3/i19D,20D,21D,22D,23D,24D,25D,26D,27D,28D,29D,30D,35D,36D,37D,38D,39D,40D,41D,42D. The number of anilines is 6. The van der Waals surface area contributed by atoms with Gasteiger partial charge in [0.05, 0.1) is 38.8 Å². The summed E-state index contributed by atoms with van der Waals surface area (Å²) in [5.74, 6) is -0.689. The zero-order valence-corrected chi connectivity index (χ0v) is 64.8. The van der Waals surface area contributed by atoms with Crippen molar-refractivity contribution in [2.45, 2.75) is 169 Å². The van der Waals surface area contributed by atoms with Gasteiger partial charge in [0.15, 0.2) is 0 Å². The SMILES string of the molecule is [2H]c1c([2H])c([2H])c(-c2cc(C(C)(C)C)cc(-c3c([2H])c([2H])c([2H])c([2H])c3[2H])c2N2c3cc(-c4cc(C(C)(C)C)cc(C(C)(C)C)c4)ccc3B3c4ccc(-c5cc(C(C)(C)C)cc(C(C)(C)C)c5)cc4N(c4c(-c5c([2H])c([2H])c([2H])c([2H])c5[2H])cc(C(C)(C)C)cc4-c4c([2H])c([2H])c([2H])c([2H])c4[2H])c4cc(C5c6ccccc6Cc6ccccc65)cc2c43)c([2H])c1[2H]. The highest BCUT2D eigenvalue weighted by Crippen LogP contribution is 2.57. The second-order valence-electron chi connectivity index (χ2n) is 35.6. The summed E-state index contributed by atoms with van der Waals surface area (Å²) in [5, 5.41) is 0. The maximum Gasteiger partial charge on any atom is 0.252 e. The van der Waals surface area contributed by atoms with Crippen LogP contribution in [0.1, 0.15) is 219 Å². The summed E-state index contributed by atoms with van der Waals surface area (Å²) in [7, 11) is 0. The van der Waals surface area contributed by atoms with Gasteiger partial charge in [-0.3, -0.25) is 0 Å². The van der Waals surface area contributed by atoms with Gasteiger partial charge in [0.25, 0.3) is 6.71 Å². The van der Waals surface area contributed by atoms with E-state index in [-0.39, 0.29) is 77.5 Å². The maximum atomic E-state index is 10.3. The van der Waals surface area contributed by atoms with Gasteiger partial charge in [-0.05, 0) is 210 Å². The van der Waals surface area contributed by atoms with E-state index < -0.39 is 144 Å². The predicted octanol–water partition coefficient (Wildman–Crippen LogP) is 26.6. The lowest BCUT2D eigenvalue weighted by molar-refractivity contribution is 0.568. The molecule has 0 bridgehead atoms. The second kappa shape index (κ2) is 26.2. The molecule has 0 radical (unpaired) electrons. The van der Waals surface area contributed by atoms with Crippen molar-refractivity contribution in [1.29, 1.82) is 0 Å². The number of fused-ring (bicyclic) bond motifs is 6. The fraction of sp³-hybridized carbons (Fsp3) is 0.250. The van der Waals surface area contributed by atoms with E-state index in [9.17, 15) is 27.4 Å². The number of nitrogens with zero attached hydrogens (tertiary/aromatic N) is 2. The summed E-state index contributed by atoms with van der Waals surface area (Å²) in [6, 6.07) is 40.9. The molecule has 0 aromatic heterocycles. The van der Waals surface area contributed by atoms with Crippen LogP contribution in [0.15, 0.2) is 279 Å². The molecule has 16 rings (SSSR count). The molecule has 0 N–H and O–H groups in total. The topological polar surface area (TPSA) is 6.48 Å². The van der Waals surface area contributed by atoms with E-state index in [4.69, 9.17) is 0 Å². The Kier molecular flexibility index (Phi) is 12.5. The molecule has 0 saturated heterocycles. The van der Waals surface area contributed by atoms with Gasteiger partial charge in [0, 0.05) is 50.9 Å². The molecule has 1 aliphatic carbocycles. The molecule has 107 heavy (non-hydrogen) atoms. The van der Waals surface area contributed by atoms with Gasteiger partial charge in [0.1, 0.15) is 0 Å². The first kappa shape index (κ1) is 50.9. The molecular formula is C104H103BN2. The monoisotopic (exact) mass is 1410 g/mol. The lowest BCUT2D eigenvalue weighted by Crippen LogP contribution is -2.61. The normalized spacial score (nSPS) is 16.4. The lowest BCUT2D eigenvalue weighted by atomic mass is 9.33. The molecule has 0 atom stereocenters. The molecule has 0 fully saturated rings. The van der Waals surface area contributed by atoms with Crippen molar-refractivity contribution in [3.8, 4) is 66.8 Å². The van der Waals surface area contributed by atoms with Crippen molar-refractivity contribution in [1.82, 2.24) is 0 Å². The Labute approximate surface area is 667 Å². The summed E-state index contributed by atoms with van der Waals surface area (Å²) in [6.07, 6.45) is 0.541. The minimum atomic E-state index is -0.924. The van der Waals surface area contributed by atoms with E-state index in [0.717, 1.165) is 66.8 Å². The third-order valence-electron chi connectivity index (χ3n) is 22.0. The second-order valence-corrected chi connectivity index (χ2v) is 35.6. The van der Waals surface area contributed by atoms with Crippen LogP contribution in [0, 0.1) is 0 Å². The Bertz CT molecular complexity index is 6140. The highest BCUT2D eigenvalue weighted by Gasteiger charge is 2.47. The Balaban J connectivity index is 1.23. The van der Waals surface area contributed by atoms with Gasteiger partial charge in [0.2, 0.25) is 0 Å². The Morgan fingerprint density at radius 3 is 0.879 bits per heavy atom. The van der Waals surface area contributed by atoms with Gasteiger partial charge in [-0.2, -0.15) is 0 Å². The number of hydrogen-bond donors (Lipinski definition) is 0. The molecule has 3 aliphatic rings. The van der Waals surface area contributed by atoms with Gasteiger partial charge in [-0.1, -0.05) is 355 Å². The van der Waals surface area contributed by atoms with Crippen molar-refractivity contribution < 1.29 is 27.4 Å². The first-order valence-electron chi connectivity index (χ1n) is 47.3. The molecule has 13 aromatic rings. The summed E-state index contributed by atoms with van der Waals surface area (Å²) in [4.78, 5) is 3.99. The van der Waals surface area contributed by atoms with Crippen LogP contribution < -0.4 is 26.2 Å². The van der Waals surface area contributed by atoms with Crippen LogP contribution in [0.2, 0.25) is 0 Å². The van der Waals surface area contributed by atoms with Crippen LogP contribution in [0.5, 0.6) is 0 Å². The molecule has 2 nitrogen and oxygen atoms in total. The zero-order valence-electron chi connectivity index (χ0n) is 84.8. The van der Waals surface area contributed by atoms with Gasteiger partial charge >= 0.3 is 0 Å². The predicted molar refractivity (Wildman–Crippen MR) is 462 cm³/mol. The van der Waals surface area contributed by atoms with Crippen molar-refractivity contribution >= 4 is 57.2 Å². The largest absolute Gasteiger partial charge is 0.310 e. The molecule has 0 unspecified atom stereocenters. The van der Waals surface area contributed by atoms with Crippen LogP contribution in [-0.4, -0.2) is 6.71 Å². The number of rotatable bonds is 9. The van der Waals surface area contributed by atoms with Crippen molar-refractivity contribution in [3.63, 3.8) is 0 Å². The van der Waals surface area contributed by atoms with E-state index >= 15 is 0 Å². The van der Waals surface area contributed by atoms with E-state index in [1.165, 1.54) is 0 Å². The first-order valence-corrected chi connectivity index (χ1v) is 37.3. The molecule has 0 amide bonds. The average Bonchev–Trinajstić information content (AvgIpc) is 0.679. The van der Waals surface area contributed by atoms with Crippen LogP contribution in [-0.2, 0) is 38.9 Å². The molecule has 2 heterocycles. The van der Waals surface area contributed by atoms with Crippen molar-refractivity contribution in [2.75, 3.05) is 9.80 Å². The molecule has 3 heteroatoms. The summed E-state index contributed by atoms with van der Waals surface area (Å²) < 4.78 is 197. The molecular weight excluding hydrogens is 1290 g/mol. The number of hydrogen-bond acceptors (Lipinski definition) is 2. The highest BCUT2D eigenvalue weighted by atomic mass is 15.2. The minimum absolute atomic E-state index is 0.0350. The molecule has 2 aliphatic heterocycles. The third kappa shape index (κ3) is 13.0. The Morgan fingerprint density at radius 1 is 0.290 bits per heavy atom. The minimum Gasteiger partial charge on any atom is -0.310 e. The van der Waals surface area contributed by atoms with E-state index in [2.05, 4.69) is 192 Å². The summed E-state index contributed by atoms with van der Waals surface area (Å²) in [5.41, 5.74) is 12.1. The first-order chi connectivity index (χ1) is 59.1. The molecule has 0 saturated carbocycles. The average molecular weight is 1410 g/mol. The van der Waals surface area contributed by atoms with Crippen LogP contribution in [0.4, 0.5) is 34.1 Å². The van der Waals surface area contributed by atoms with E-state index in [1.807, 2.05) is 75.6 Å². The number of benzene rings is 13. The zero-order chi connectivity index (χ0) is 92.4.